The van der Waals surface area contributed by atoms with E-state index in [1.54, 1.807) is 6.07 Å². The topological polar surface area (TPSA) is 62.0 Å². The van der Waals surface area contributed by atoms with Crippen molar-refractivity contribution in [3.05, 3.63) is 23.8 Å². The minimum absolute atomic E-state index is 0.114. The molecule has 1 rings (SSSR count). The largest absolute Gasteiger partial charge is 0.504 e. The van der Waals surface area contributed by atoms with Crippen molar-refractivity contribution in [1.82, 2.24) is 0 Å². The zero-order valence-corrected chi connectivity index (χ0v) is 14.6. The summed E-state index contributed by atoms with van der Waals surface area (Å²) in [5, 5.41) is 23.2. The van der Waals surface area contributed by atoms with Gasteiger partial charge in [-0.25, -0.2) is 0 Å². The van der Waals surface area contributed by atoms with Crippen LogP contribution in [-0.4, -0.2) is 22.5 Å². The number of phenols is 2. The fourth-order valence-corrected chi connectivity index (χ4v) is 2.51. The van der Waals surface area contributed by atoms with Gasteiger partial charge in [0.25, 0.3) is 0 Å². The second-order valence-electron chi connectivity index (χ2n) is 5.88. The summed E-state index contributed by atoms with van der Waals surface area (Å²) in [5.74, 6) is -0.237. The van der Waals surface area contributed by atoms with Gasteiger partial charge < -0.3 is 15.1 Å². The van der Waals surface area contributed by atoms with Gasteiger partial charge in [0.2, 0.25) is 0 Å². The van der Waals surface area contributed by atoms with E-state index in [-0.39, 0.29) is 11.5 Å². The number of unbranched alkanes of at least 4 members (excludes halogenated alkanes) is 7. The molecule has 0 spiro atoms. The van der Waals surface area contributed by atoms with E-state index < -0.39 is 0 Å². The quantitative estimate of drug-likeness (QED) is 0.235. The van der Waals surface area contributed by atoms with Gasteiger partial charge in [0.1, 0.15) is 6.61 Å². The van der Waals surface area contributed by atoms with Gasteiger partial charge in [-0.3, -0.25) is 0 Å². The zero-order chi connectivity index (χ0) is 16.9. The molecular formula is C19H31NO3. The van der Waals surface area contributed by atoms with Crippen molar-refractivity contribution < 1.29 is 15.1 Å². The first-order valence-corrected chi connectivity index (χ1v) is 8.90. The fourth-order valence-electron chi connectivity index (χ4n) is 2.51. The molecule has 130 valence electrons. The molecule has 0 fully saturated rings. The SMILES string of the molecule is CCCCCCCCCC/C(=N/OCC)c1ccc(O)c(O)c1. The van der Waals surface area contributed by atoms with Gasteiger partial charge in [0, 0.05) is 5.56 Å². The van der Waals surface area contributed by atoms with Crippen molar-refractivity contribution >= 4 is 5.71 Å². The van der Waals surface area contributed by atoms with E-state index in [4.69, 9.17) is 4.84 Å². The summed E-state index contributed by atoms with van der Waals surface area (Å²) in [4.78, 5) is 5.19. The number of benzene rings is 1. The lowest BCUT2D eigenvalue weighted by Gasteiger charge is -2.08. The molecule has 0 atom stereocenters. The lowest BCUT2D eigenvalue weighted by molar-refractivity contribution is 0.158. The highest BCUT2D eigenvalue weighted by atomic mass is 16.6. The van der Waals surface area contributed by atoms with Crippen LogP contribution in [-0.2, 0) is 4.84 Å². The Labute approximate surface area is 140 Å². The minimum atomic E-state index is -0.123. The predicted molar refractivity (Wildman–Crippen MR) is 95.2 cm³/mol. The van der Waals surface area contributed by atoms with Crippen molar-refractivity contribution in [3.63, 3.8) is 0 Å². The Morgan fingerprint density at radius 3 is 2.17 bits per heavy atom. The summed E-state index contributed by atoms with van der Waals surface area (Å²) in [6.45, 7) is 4.65. The summed E-state index contributed by atoms with van der Waals surface area (Å²) in [7, 11) is 0. The van der Waals surface area contributed by atoms with Gasteiger partial charge in [-0.05, 0) is 38.0 Å². The average Bonchev–Trinajstić information content (AvgIpc) is 2.55. The number of nitrogens with zero attached hydrogens (tertiary/aromatic N) is 1. The number of hydrogen-bond donors (Lipinski definition) is 2. The van der Waals surface area contributed by atoms with Gasteiger partial charge in [0.05, 0.1) is 5.71 Å². The molecule has 2 N–H and O–H groups in total. The summed E-state index contributed by atoms with van der Waals surface area (Å²) < 4.78 is 0. The first kappa shape index (κ1) is 19.3. The third-order valence-corrected chi connectivity index (χ3v) is 3.88. The van der Waals surface area contributed by atoms with Gasteiger partial charge in [0.15, 0.2) is 11.5 Å². The first-order chi connectivity index (χ1) is 11.2. The molecule has 0 aliphatic rings. The van der Waals surface area contributed by atoms with E-state index in [2.05, 4.69) is 12.1 Å². The summed E-state index contributed by atoms with van der Waals surface area (Å²) in [6.07, 6.45) is 10.9. The highest BCUT2D eigenvalue weighted by Gasteiger charge is 2.08. The average molecular weight is 321 g/mol. The summed E-state index contributed by atoms with van der Waals surface area (Å²) in [5.41, 5.74) is 1.63. The second-order valence-corrected chi connectivity index (χ2v) is 5.88. The highest BCUT2D eigenvalue weighted by Crippen LogP contribution is 2.26. The van der Waals surface area contributed by atoms with Crippen LogP contribution in [0.3, 0.4) is 0 Å². The molecular weight excluding hydrogens is 290 g/mol. The normalized spacial score (nSPS) is 11.7. The van der Waals surface area contributed by atoms with Crippen molar-refractivity contribution in [2.24, 2.45) is 5.16 Å². The Kier molecular flexibility index (Phi) is 9.92. The van der Waals surface area contributed by atoms with Gasteiger partial charge >= 0.3 is 0 Å². The van der Waals surface area contributed by atoms with Crippen LogP contribution in [0.25, 0.3) is 0 Å². The molecule has 0 aliphatic carbocycles. The van der Waals surface area contributed by atoms with Crippen LogP contribution in [0.2, 0.25) is 0 Å². The third-order valence-electron chi connectivity index (χ3n) is 3.88. The Morgan fingerprint density at radius 1 is 0.913 bits per heavy atom. The molecule has 0 heterocycles. The summed E-state index contributed by atoms with van der Waals surface area (Å²) in [6, 6.07) is 4.79. The maximum absolute atomic E-state index is 9.64. The molecule has 0 radical (unpaired) electrons. The van der Waals surface area contributed by atoms with Crippen molar-refractivity contribution in [1.29, 1.82) is 0 Å². The van der Waals surface area contributed by atoms with Crippen LogP contribution >= 0.6 is 0 Å². The molecule has 0 saturated heterocycles. The number of aromatic hydroxyl groups is 2. The molecule has 0 aromatic heterocycles. The number of hydrogen-bond acceptors (Lipinski definition) is 4. The molecule has 1 aromatic carbocycles. The standard InChI is InChI=1S/C19H31NO3/c1-3-5-6-7-8-9-10-11-12-17(20-23-4-2)16-13-14-18(21)19(22)15-16/h13-15,21-22H,3-12H2,1-2H3/b20-17-. The molecule has 0 amide bonds. The van der Waals surface area contributed by atoms with E-state index >= 15 is 0 Å². The Balaban J connectivity index is 2.42. The van der Waals surface area contributed by atoms with E-state index in [9.17, 15) is 10.2 Å². The van der Waals surface area contributed by atoms with E-state index in [0.717, 1.165) is 24.1 Å². The smallest absolute Gasteiger partial charge is 0.158 e. The molecule has 0 aliphatic heterocycles. The molecule has 4 heteroatoms. The first-order valence-electron chi connectivity index (χ1n) is 8.90. The Bertz CT molecular complexity index is 472. The van der Waals surface area contributed by atoms with Crippen molar-refractivity contribution in [2.45, 2.75) is 71.6 Å². The summed E-state index contributed by atoms with van der Waals surface area (Å²) >= 11 is 0. The van der Waals surface area contributed by atoms with Crippen molar-refractivity contribution in [2.75, 3.05) is 6.61 Å². The molecule has 0 bridgehead atoms. The maximum atomic E-state index is 9.64. The fraction of sp³-hybridized carbons (Fsp3) is 0.632. The second kappa shape index (κ2) is 11.8. The monoisotopic (exact) mass is 321 g/mol. The van der Waals surface area contributed by atoms with Crippen molar-refractivity contribution in [3.8, 4) is 11.5 Å². The van der Waals surface area contributed by atoms with Crippen LogP contribution in [0.15, 0.2) is 23.4 Å². The molecule has 0 unspecified atom stereocenters. The lowest BCUT2D eigenvalue weighted by atomic mass is 10.0. The maximum Gasteiger partial charge on any atom is 0.158 e. The number of oxime groups is 1. The zero-order valence-electron chi connectivity index (χ0n) is 14.6. The lowest BCUT2D eigenvalue weighted by Crippen LogP contribution is -2.02. The van der Waals surface area contributed by atoms with Crippen LogP contribution in [0, 0.1) is 0 Å². The van der Waals surface area contributed by atoms with Gasteiger partial charge in [-0.15, -0.1) is 0 Å². The number of phenolic OH excluding ortho intramolecular Hbond substituents is 2. The van der Waals surface area contributed by atoms with Crippen LogP contribution in [0.4, 0.5) is 0 Å². The van der Waals surface area contributed by atoms with Crippen LogP contribution in [0.5, 0.6) is 11.5 Å². The van der Waals surface area contributed by atoms with Crippen LogP contribution < -0.4 is 0 Å². The Hall–Kier alpha value is -1.71. The van der Waals surface area contributed by atoms with Gasteiger partial charge in [-0.2, -0.15) is 0 Å². The van der Waals surface area contributed by atoms with Crippen LogP contribution in [0.1, 0.15) is 77.2 Å². The van der Waals surface area contributed by atoms with E-state index in [0.29, 0.717) is 6.61 Å². The Morgan fingerprint density at radius 2 is 1.57 bits per heavy atom. The highest BCUT2D eigenvalue weighted by molar-refractivity contribution is 6.00. The van der Waals surface area contributed by atoms with E-state index in [1.807, 2.05) is 6.92 Å². The molecule has 1 aromatic rings. The predicted octanol–water partition coefficient (Wildman–Crippen LogP) is 5.37. The molecule has 23 heavy (non-hydrogen) atoms. The third kappa shape index (κ3) is 7.91. The minimum Gasteiger partial charge on any atom is -0.504 e. The molecule has 4 nitrogen and oxygen atoms in total. The number of rotatable bonds is 12. The van der Waals surface area contributed by atoms with E-state index in [1.165, 1.54) is 57.1 Å². The molecule has 0 saturated carbocycles. The van der Waals surface area contributed by atoms with Gasteiger partial charge in [-0.1, -0.05) is 57.0 Å².